The van der Waals surface area contributed by atoms with E-state index in [1.54, 1.807) is 0 Å². The van der Waals surface area contributed by atoms with Gasteiger partial charge in [0.2, 0.25) is 0 Å². The molecular formula is C18H29BrN2. The molecule has 0 amide bonds. The number of rotatable bonds is 5. The first-order valence-electron chi connectivity index (χ1n) is 8.50. The fraction of sp³-hybridized carbons (Fsp3) is 0.667. The molecule has 1 saturated heterocycles. The summed E-state index contributed by atoms with van der Waals surface area (Å²) in [6.07, 6.45) is 7.99. The van der Waals surface area contributed by atoms with E-state index in [4.69, 9.17) is 0 Å². The molecule has 1 heterocycles. The van der Waals surface area contributed by atoms with Crippen molar-refractivity contribution >= 4 is 21.6 Å². The van der Waals surface area contributed by atoms with Gasteiger partial charge < -0.3 is 10.2 Å². The van der Waals surface area contributed by atoms with Crippen LogP contribution in [0.15, 0.2) is 22.7 Å². The van der Waals surface area contributed by atoms with E-state index in [-0.39, 0.29) is 0 Å². The number of benzene rings is 1. The summed E-state index contributed by atoms with van der Waals surface area (Å²) in [5.41, 5.74) is 2.86. The lowest BCUT2D eigenvalue weighted by Crippen LogP contribution is -2.30. The van der Waals surface area contributed by atoms with Gasteiger partial charge in [0.1, 0.15) is 0 Å². The molecule has 1 atom stereocenters. The molecule has 1 aliphatic rings. The maximum Gasteiger partial charge on any atom is 0.0425 e. The van der Waals surface area contributed by atoms with Crippen LogP contribution in [0.2, 0.25) is 0 Å². The zero-order valence-corrected chi connectivity index (χ0v) is 15.1. The lowest BCUT2D eigenvalue weighted by Gasteiger charge is -2.31. The minimum absolute atomic E-state index is 0.415. The summed E-state index contributed by atoms with van der Waals surface area (Å²) in [5.74, 6) is 0. The van der Waals surface area contributed by atoms with E-state index in [0.717, 1.165) is 6.54 Å². The van der Waals surface area contributed by atoms with Crippen LogP contribution in [0.4, 0.5) is 5.69 Å². The molecule has 3 heteroatoms. The predicted molar refractivity (Wildman–Crippen MR) is 96.1 cm³/mol. The van der Waals surface area contributed by atoms with Crippen molar-refractivity contribution in [3.05, 3.63) is 28.2 Å². The minimum Gasteiger partial charge on any atom is -0.371 e. The predicted octanol–water partition coefficient (Wildman–Crippen LogP) is 5.28. The number of nitrogens with one attached hydrogen (secondary N) is 1. The van der Waals surface area contributed by atoms with E-state index in [0.29, 0.717) is 6.04 Å². The Kier molecular flexibility index (Phi) is 7.05. The average molecular weight is 353 g/mol. The molecule has 0 spiro atoms. The summed E-state index contributed by atoms with van der Waals surface area (Å²) in [6.45, 7) is 7.98. The maximum atomic E-state index is 3.65. The summed E-state index contributed by atoms with van der Waals surface area (Å²) >= 11 is 3.65. The van der Waals surface area contributed by atoms with Gasteiger partial charge >= 0.3 is 0 Å². The molecule has 118 valence electrons. The van der Waals surface area contributed by atoms with Crippen molar-refractivity contribution in [2.24, 2.45) is 0 Å². The Hall–Kier alpha value is -0.540. The topological polar surface area (TPSA) is 15.3 Å². The zero-order chi connectivity index (χ0) is 15.1. The first kappa shape index (κ1) is 16.8. The maximum absolute atomic E-state index is 3.65. The molecule has 0 radical (unpaired) electrons. The van der Waals surface area contributed by atoms with Crippen LogP contribution in [0.3, 0.4) is 0 Å². The third kappa shape index (κ3) is 5.00. The number of nitrogens with zero attached hydrogens (tertiary/aromatic N) is 1. The fourth-order valence-electron chi connectivity index (χ4n) is 3.12. The highest BCUT2D eigenvalue weighted by molar-refractivity contribution is 9.10. The highest BCUT2D eigenvalue weighted by Crippen LogP contribution is 2.31. The van der Waals surface area contributed by atoms with Crippen LogP contribution in [0.1, 0.15) is 64.0 Å². The molecule has 1 fully saturated rings. The molecule has 0 aliphatic carbocycles. The Morgan fingerprint density at radius 1 is 1.14 bits per heavy atom. The number of hydrogen-bond acceptors (Lipinski definition) is 2. The van der Waals surface area contributed by atoms with E-state index >= 15 is 0 Å². The SMILES string of the molecule is CCCNC(C)c1ccc(Br)cc1N1CCCCCCC1. The third-order valence-electron chi connectivity index (χ3n) is 4.36. The van der Waals surface area contributed by atoms with Crippen molar-refractivity contribution in [3.63, 3.8) is 0 Å². The van der Waals surface area contributed by atoms with Gasteiger partial charge in [-0.1, -0.05) is 48.2 Å². The average Bonchev–Trinajstić information content (AvgIpc) is 2.44. The Morgan fingerprint density at radius 2 is 1.81 bits per heavy atom. The normalized spacial score (nSPS) is 18.1. The Bertz CT molecular complexity index is 425. The molecule has 1 aliphatic heterocycles. The van der Waals surface area contributed by atoms with Crippen LogP contribution in [0.25, 0.3) is 0 Å². The van der Waals surface area contributed by atoms with E-state index in [9.17, 15) is 0 Å². The lowest BCUT2D eigenvalue weighted by atomic mass is 10.0. The first-order valence-corrected chi connectivity index (χ1v) is 9.29. The molecule has 0 aromatic heterocycles. The van der Waals surface area contributed by atoms with Gasteiger partial charge in [0, 0.05) is 29.3 Å². The standard InChI is InChI=1S/C18H29BrN2/c1-3-11-20-15(2)17-10-9-16(19)14-18(17)21-12-7-5-4-6-8-13-21/h9-10,14-15,20H,3-8,11-13H2,1-2H3. The van der Waals surface area contributed by atoms with E-state index < -0.39 is 0 Å². The summed E-state index contributed by atoms with van der Waals surface area (Å²) in [4.78, 5) is 2.60. The van der Waals surface area contributed by atoms with Crippen LogP contribution >= 0.6 is 15.9 Å². The van der Waals surface area contributed by atoms with Crippen LogP contribution in [0.5, 0.6) is 0 Å². The third-order valence-corrected chi connectivity index (χ3v) is 4.85. The second-order valence-corrected chi connectivity index (χ2v) is 7.05. The first-order chi connectivity index (χ1) is 10.2. The van der Waals surface area contributed by atoms with Crippen molar-refractivity contribution in [1.82, 2.24) is 5.32 Å². The van der Waals surface area contributed by atoms with Gasteiger partial charge in [-0.3, -0.25) is 0 Å². The van der Waals surface area contributed by atoms with Gasteiger partial charge in [0.05, 0.1) is 0 Å². The fourth-order valence-corrected chi connectivity index (χ4v) is 3.47. The smallest absolute Gasteiger partial charge is 0.0425 e. The monoisotopic (exact) mass is 352 g/mol. The number of anilines is 1. The molecule has 1 aromatic rings. The second kappa shape index (κ2) is 8.79. The summed E-state index contributed by atoms with van der Waals surface area (Å²) in [6, 6.07) is 7.18. The summed E-state index contributed by atoms with van der Waals surface area (Å²) < 4.78 is 1.19. The molecule has 1 aromatic carbocycles. The molecule has 2 nitrogen and oxygen atoms in total. The Labute approximate surface area is 138 Å². The van der Waals surface area contributed by atoms with Gasteiger partial charge in [-0.25, -0.2) is 0 Å². The van der Waals surface area contributed by atoms with Crippen molar-refractivity contribution < 1.29 is 0 Å². The molecule has 0 saturated carbocycles. The zero-order valence-electron chi connectivity index (χ0n) is 13.5. The quantitative estimate of drug-likeness (QED) is 0.775. The number of hydrogen-bond donors (Lipinski definition) is 1. The molecule has 2 rings (SSSR count). The van der Waals surface area contributed by atoms with Gasteiger partial charge in [0.15, 0.2) is 0 Å². The molecular weight excluding hydrogens is 324 g/mol. The van der Waals surface area contributed by atoms with Crippen molar-refractivity contribution in [3.8, 4) is 0 Å². The van der Waals surface area contributed by atoms with Gasteiger partial charge in [0.25, 0.3) is 0 Å². The van der Waals surface area contributed by atoms with Crippen LogP contribution in [-0.4, -0.2) is 19.6 Å². The van der Waals surface area contributed by atoms with E-state index in [2.05, 4.69) is 58.2 Å². The molecule has 1 unspecified atom stereocenters. The highest BCUT2D eigenvalue weighted by atomic mass is 79.9. The van der Waals surface area contributed by atoms with Crippen molar-refractivity contribution in [2.45, 2.75) is 58.4 Å². The minimum atomic E-state index is 0.415. The molecule has 1 N–H and O–H groups in total. The van der Waals surface area contributed by atoms with E-state index in [1.165, 1.54) is 67.3 Å². The molecule has 0 bridgehead atoms. The number of halogens is 1. The van der Waals surface area contributed by atoms with Gasteiger partial charge in [-0.05, 0) is 50.4 Å². The largest absolute Gasteiger partial charge is 0.371 e. The van der Waals surface area contributed by atoms with E-state index in [1.807, 2.05) is 0 Å². The van der Waals surface area contributed by atoms with Crippen LogP contribution in [-0.2, 0) is 0 Å². The van der Waals surface area contributed by atoms with Gasteiger partial charge in [-0.2, -0.15) is 0 Å². The van der Waals surface area contributed by atoms with Crippen LogP contribution in [0, 0.1) is 0 Å². The summed E-state index contributed by atoms with van der Waals surface area (Å²) in [7, 11) is 0. The Balaban J connectivity index is 2.20. The Morgan fingerprint density at radius 3 is 2.48 bits per heavy atom. The lowest BCUT2D eigenvalue weighted by molar-refractivity contribution is 0.545. The van der Waals surface area contributed by atoms with Crippen molar-refractivity contribution in [2.75, 3.05) is 24.5 Å². The van der Waals surface area contributed by atoms with Crippen molar-refractivity contribution in [1.29, 1.82) is 0 Å². The molecule has 21 heavy (non-hydrogen) atoms. The summed E-state index contributed by atoms with van der Waals surface area (Å²) in [5, 5.41) is 3.63. The van der Waals surface area contributed by atoms with Gasteiger partial charge in [-0.15, -0.1) is 0 Å². The second-order valence-electron chi connectivity index (χ2n) is 6.13. The van der Waals surface area contributed by atoms with Crippen LogP contribution < -0.4 is 10.2 Å². The highest BCUT2D eigenvalue weighted by Gasteiger charge is 2.16.